The van der Waals surface area contributed by atoms with E-state index in [1.807, 2.05) is 4.57 Å². The summed E-state index contributed by atoms with van der Waals surface area (Å²) < 4.78 is 11.8. The van der Waals surface area contributed by atoms with Crippen molar-refractivity contribution < 1.29 is 9.26 Å². The van der Waals surface area contributed by atoms with Gasteiger partial charge >= 0.3 is 0 Å². The monoisotopic (exact) mass is 332 g/mol. The van der Waals surface area contributed by atoms with E-state index in [1.54, 1.807) is 13.2 Å². The molecule has 0 aliphatic rings. The molecular weight excluding hydrogens is 316 g/mol. The Morgan fingerprint density at radius 1 is 1.48 bits per heavy atom. The van der Waals surface area contributed by atoms with Crippen LogP contribution < -0.4 is 5.73 Å². The molecule has 10 heteroatoms. The molecule has 0 fully saturated rings. The average Bonchev–Trinajstić information content (AvgIpc) is 3.04. The molecule has 2 aromatic rings. The summed E-state index contributed by atoms with van der Waals surface area (Å²) in [5, 5.41) is 12.8. The van der Waals surface area contributed by atoms with Gasteiger partial charge in [0.1, 0.15) is 12.4 Å². The number of rotatable bonds is 8. The molecule has 0 aliphatic carbocycles. The largest absolute Gasteiger partial charge is 0.375 e. The normalized spacial score (nSPS) is 10.4. The number of aromatic nitrogens is 5. The second-order valence-corrected chi connectivity index (χ2v) is 4.77. The van der Waals surface area contributed by atoms with Crippen molar-refractivity contribution in [2.45, 2.75) is 30.6 Å². The number of hydrogen-bond acceptors (Lipinski definition) is 8. The number of halogens is 1. The van der Waals surface area contributed by atoms with Crippen molar-refractivity contribution in [1.29, 1.82) is 0 Å². The van der Waals surface area contributed by atoms with Gasteiger partial charge in [-0.15, -0.1) is 29.2 Å². The highest BCUT2D eigenvalue weighted by Crippen LogP contribution is 2.20. The van der Waals surface area contributed by atoms with E-state index >= 15 is 0 Å². The third kappa shape index (κ3) is 4.53. The van der Waals surface area contributed by atoms with Crippen molar-refractivity contribution in [2.24, 2.45) is 5.73 Å². The van der Waals surface area contributed by atoms with Gasteiger partial charge < -0.3 is 19.6 Å². The van der Waals surface area contributed by atoms with Gasteiger partial charge in [-0.2, -0.15) is 4.98 Å². The van der Waals surface area contributed by atoms with Crippen LogP contribution in [0.25, 0.3) is 0 Å². The van der Waals surface area contributed by atoms with E-state index in [-0.39, 0.29) is 12.4 Å². The quantitative estimate of drug-likeness (QED) is 0.567. The fraction of sp³-hybridized carbons (Fsp3) is 0.455. The van der Waals surface area contributed by atoms with E-state index in [1.165, 1.54) is 11.8 Å². The van der Waals surface area contributed by atoms with Crippen LogP contribution in [0.4, 0.5) is 0 Å². The number of hydrogen-bond donors (Lipinski definition) is 1. The van der Waals surface area contributed by atoms with Gasteiger partial charge in [0.2, 0.25) is 0 Å². The first-order valence-electron chi connectivity index (χ1n) is 5.94. The van der Waals surface area contributed by atoms with Crippen LogP contribution in [0, 0.1) is 0 Å². The van der Waals surface area contributed by atoms with Gasteiger partial charge in [-0.3, -0.25) is 0 Å². The van der Waals surface area contributed by atoms with Crippen molar-refractivity contribution in [3.05, 3.63) is 30.2 Å². The van der Waals surface area contributed by atoms with Gasteiger partial charge in [-0.05, 0) is 0 Å². The Bertz CT molecular complexity index is 573. The number of nitrogens with two attached hydrogens (primary N) is 1. The van der Waals surface area contributed by atoms with Crippen molar-refractivity contribution in [1.82, 2.24) is 24.9 Å². The Morgan fingerprint density at radius 3 is 2.95 bits per heavy atom. The maximum atomic E-state index is 5.62. The molecule has 2 N–H and O–H groups in total. The first kappa shape index (κ1) is 17.6. The molecule has 0 spiro atoms. The Kier molecular flexibility index (Phi) is 7.37. The molecule has 2 heterocycles. The van der Waals surface area contributed by atoms with Crippen molar-refractivity contribution >= 4 is 24.2 Å². The maximum absolute atomic E-state index is 5.62. The van der Waals surface area contributed by atoms with Crippen LogP contribution in [-0.2, 0) is 30.2 Å². The Hall–Kier alpha value is -1.42. The van der Waals surface area contributed by atoms with Crippen molar-refractivity contribution in [3.63, 3.8) is 0 Å². The summed E-state index contributed by atoms with van der Waals surface area (Å²) in [4.78, 5) is 4.19. The Balaban J connectivity index is 0.00000220. The highest BCUT2D eigenvalue weighted by molar-refractivity contribution is 7.98. The lowest BCUT2D eigenvalue weighted by Gasteiger charge is -2.04. The minimum absolute atomic E-state index is 0. The van der Waals surface area contributed by atoms with Gasteiger partial charge in [0, 0.05) is 13.7 Å². The summed E-state index contributed by atoms with van der Waals surface area (Å²) in [6.45, 7) is 4.97. The predicted molar refractivity (Wildman–Crippen MR) is 79.9 cm³/mol. The minimum atomic E-state index is 0. The van der Waals surface area contributed by atoms with Gasteiger partial charge in [0.15, 0.2) is 11.0 Å². The van der Waals surface area contributed by atoms with Crippen LogP contribution in [0.2, 0.25) is 0 Å². The second-order valence-electron chi connectivity index (χ2n) is 3.83. The summed E-state index contributed by atoms with van der Waals surface area (Å²) in [6.07, 6.45) is 1.78. The minimum Gasteiger partial charge on any atom is -0.375 e. The molecule has 2 aromatic heterocycles. The predicted octanol–water partition coefficient (Wildman–Crippen LogP) is 1.17. The number of ether oxygens (including phenoxy) is 1. The number of thioether (sulfide) groups is 1. The lowest BCUT2D eigenvalue weighted by atomic mass is 10.5. The summed E-state index contributed by atoms with van der Waals surface area (Å²) in [5.74, 6) is 2.30. The lowest BCUT2D eigenvalue weighted by molar-refractivity contribution is 0.151. The zero-order valence-corrected chi connectivity index (χ0v) is 13.2. The zero-order valence-electron chi connectivity index (χ0n) is 11.6. The van der Waals surface area contributed by atoms with E-state index in [0.29, 0.717) is 37.2 Å². The first-order valence-corrected chi connectivity index (χ1v) is 6.93. The summed E-state index contributed by atoms with van der Waals surface area (Å²) in [7, 11) is 1.57. The standard InChI is InChI=1S/C11H16N6O2S.ClH/c1-3-4-17-9(5-12)14-15-11(17)20-7-8-13-10(6-18-2)19-16-8;/h3H,1,4-7,12H2,2H3;1H. The molecule has 8 nitrogen and oxygen atoms in total. The van der Waals surface area contributed by atoms with Crippen LogP contribution in [0.15, 0.2) is 22.3 Å². The molecule has 0 bridgehead atoms. The van der Waals surface area contributed by atoms with E-state index in [9.17, 15) is 0 Å². The van der Waals surface area contributed by atoms with Gasteiger partial charge in [-0.1, -0.05) is 23.0 Å². The van der Waals surface area contributed by atoms with E-state index in [4.69, 9.17) is 15.0 Å². The van der Waals surface area contributed by atoms with Crippen molar-refractivity contribution in [3.8, 4) is 0 Å². The molecule has 0 unspecified atom stereocenters. The molecule has 0 saturated carbocycles. The number of allylic oxidation sites excluding steroid dienone is 1. The fourth-order valence-corrected chi connectivity index (χ4v) is 2.36. The van der Waals surface area contributed by atoms with Crippen LogP contribution in [0.5, 0.6) is 0 Å². The molecule has 0 radical (unpaired) electrons. The molecule has 0 aromatic carbocycles. The summed E-state index contributed by atoms with van der Waals surface area (Å²) in [5.41, 5.74) is 5.62. The molecule has 21 heavy (non-hydrogen) atoms. The highest BCUT2D eigenvalue weighted by Gasteiger charge is 2.12. The van der Waals surface area contributed by atoms with Crippen LogP contribution >= 0.6 is 24.2 Å². The highest BCUT2D eigenvalue weighted by atomic mass is 35.5. The molecule has 116 valence electrons. The molecule has 0 aliphatic heterocycles. The lowest BCUT2D eigenvalue weighted by Crippen LogP contribution is -2.08. The van der Waals surface area contributed by atoms with Crippen molar-refractivity contribution in [2.75, 3.05) is 7.11 Å². The second kappa shape index (κ2) is 8.78. The summed E-state index contributed by atoms with van der Waals surface area (Å²) in [6, 6.07) is 0. The Morgan fingerprint density at radius 2 is 2.29 bits per heavy atom. The molecule has 2 rings (SSSR count). The molecular formula is C11H17ClN6O2S. The SMILES string of the molecule is C=CCn1c(CN)nnc1SCc1noc(COC)n1.Cl. The van der Waals surface area contributed by atoms with E-state index < -0.39 is 0 Å². The topological polar surface area (TPSA) is 105 Å². The van der Waals surface area contributed by atoms with Gasteiger partial charge in [0.25, 0.3) is 5.89 Å². The number of nitrogens with zero attached hydrogens (tertiary/aromatic N) is 5. The Labute approximate surface area is 132 Å². The van der Waals surface area contributed by atoms with Gasteiger partial charge in [0.05, 0.1) is 12.3 Å². The molecule has 0 saturated heterocycles. The van der Waals surface area contributed by atoms with Crippen LogP contribution in [-0.4, -0.2) is 32.0 Å². The van der Waals surface area contributed by atoms with Gasteiger partial charge in [-0.25, -0.2) is 0 Å². The molecule has 0 atom stereocenters. The van der Waals surface area contributed by atoms with E-state index in [0.717, 1.165) is 11.0 Å². The third-order valence-corrected chi connectivity index (χ3v) is 3.36. The number of methoxy groups -OCH3 is 1. The summed E-state index contributed by atoms with van der Waals surface area (Å²) >= 11 is 1.47. The van der Waals surface area contributed by atoms with Crippen LogP contribution in [0.1, 0.15) is 17.5 Å². The molecule has 0 amide bonds. The van der Waals surface area contributed by atoms with Crippen LogP contribution in [0.3, 0.4) is 0 Å². The fourth-order valence-electron chi connectivity index (χ4n) is 1.55. The third-order valence-electron chi connectivity index (χ3n) is 2.40. The zero-order chi connectivity index (χ0) is 14.4. The maximum Gasteiger partial charge on any atom is 0.252 e. The first-order chi connectivity index (χ1) is 9.78. The average molecular weight is 333 g/mol. The smallest absolute Gasteiger partial charge is 0.252 e. The van der Waals surface area contributed by atoms with E-state index in [2.05, 4.69) is 26.9 Å².